The molecule has 0 aromatic carbocycles. The molecule has 0 aliphatic heterocycles. The summed E-state index contributed by atoms with van der Waals surface area (Å²) in [5.74, 6) is -0.106. The molecule has 0 spiro atoms. The van der Waals surface area contributed by atoms with E-state index in [4.69, 9.17) is 10.8 Å². The molecule has 1 aromatic rings. The molecule has 4 N–H and O–H groups in total. The number of anilines is 1. The number of rotatable bonds is 3. The van der Waals surface area contributed by atoms with Gasteiger partial charge in [0, 0.05) is 17.2 Å². The minimum atomic E-state index is -0.859. The SMILES string of the molecule is Nc1n[nH]c(C2CCCC2)c1CC(=O)O. The predicted molar refractivity (Wildman–Crippen MR) is 55.5 cm³/mol. The van der Waals surface area contributed by atoms with E-state index in [9.17, 15) is 4.79 Å². The lowest BCUT2D eigenvalue weighted by Crippen LogP contribution is -2.06. The Hall–Kier alpha value is -1.52. The zero-order valence-electron chi connectivity index (χ0n) is 8.49. The maximum atomic E-state index is 10.7. The van der Waals surface area contributed by atoms with Crippen LogP contribution in [0.15, 0.2) is 0 Å². The maximum absolute atomic E-state index is 10.7. The lowest BCUT2D eigenvalue weighted by molar-refractivity contribution is -0.136. The third-order valence-corrected chi connectivity index (χ3v) is 3.02. The fourth-order valence-electron chi connectivity index (χ4n) is 2.28. The van der Waals surface area contributed by atoms with Crippen molar-refractivity contribution in [2.75, 3.05) is 5.73 Å². The topological polar surface area (TPSA) is 92.0 Å². The van der Waals surface area contributed by atoms with Crippen LogP contribution < -0.4 is 5.73 Å². The summed E-state index contributed by atoms with van der Waals surface area (Å²) in [6.07, 6.45) is 4.59. The van der Waals surface area contributed by atoms with Crippen LogP contribution in [0.4, 0.5) is 5.82 Å². The molecule has 1 fully saturated rings. The average Bonchev–Trinajstić information content (AvgIpc) is 2.76. The molecular formula is C10H15N3O2. The molecule has 0 saturated heterocycles. The van der Waals surface area contributed by atoms with Gasteiger partial charge in [0.1, 0.15) is 5.82 Å². The van der Waals surface area contributed by atoms with Crippen LogP contribution in [0.2, 0.25) is 0 Å². The first-order valence-electron chi connectivity index (χ1n) is 5.23. The van der Waals surface area contributed by atoms with E-state index in [-0.39, 0.29) is 6.42 Å². The van der Waals surface area contributed by atoms with Crippen LogP contribution in [0.3, 0.4) is 0 Å². The van der Waals surface area contributed by atoms with E-state index in [0.29, 0.717) is 17.3 Å². The second kappa shape index (κ2) is 3.92. The van der Waals surface area contributed by atoms with E-state index in [1.165, 1.54) is 12.8 Å². The number of aromatic nitrogens is 2. The molecule has 0 bridgehead atoms. The number of nitrogens with two attached hydrogens (primary N) is 1. The van der Waals surface area contributed by atoms with Crippen molar-refractivity contribution in [3.05, 3.63) is 11.3 Å². The van der Waals surface area contributed by atoms with E-state index < -0.39 is 5.97 Å². The average molecular weight is 209 g/mol. The number of nitrogens with one attached hydrogen (secondary N) is 1. The standard InChI is InChI=1S/C10H15N3O2/c11-10-7(5-8(14)15)9(12-13-10)6-3-1-2-4-6/h6H,1-5H2,(H,14,15)(H3,11,12,13). The molecule has 1 aromatic heterocycles. The van der Waals surface area contributed by atoms with Gasteiger partial charge in [0.25, 0.3) is 0 Å². The smallest absolute Gasteiger partial charge is 0.308 e. The number of carbonyl (C=O) groups is 1. The minimum Gasteiger partial charge on any atom is -0.481 e. The van der Waals surface area contributed by atoms with Gasteiger partial charge in [0.05, 0.1) is 6.42 Å². The number of nitrogens with zero attached hydrogens (tertiary/aromatic N) is 1. The molecule has 1 heterocycles. The fourth-order valence-corrected chi connectivity index (χ4v) is 2.28. The first-order chi connectivity index (χ1) is 7.18. The monoisotopic (exact) mass is 209 g/mol. The molecule has 1 saturated carbocycles. The number of carboxylic acids is 1. The highest BCUT2D eigenvalue weighted by Crippen LogP contribution is 2.36. The van der Waals surface area contributed by atoms with Gasteiger partial charge in [-0.05, 0) is 12.8 Å². The molecule has 15 heavy (non-hydrogen) atoms. The second-order valence-corrected chi connectivity index (χ2v) is 4.05. The predicted octanol–water partition coefficient (Wildman–Crippen LogP) is 1.28. The van der Waals surface area contributed by atoms with Crippen molar-refractivity contribution >= 4 is 11.8 Å². The van der Waals surface area contributed by atoms with Gasteiger partial charge >= 0.3 is 5.97 Å². The molecule has 0 atom stereocenters. The van der Waals surface area contributed by atoms with Crippen molar-refractivity contribution in [3.8, 4) is 0 Å². The Labute approximate surface area is 87.7 Å². The van der Waals surface area contributed by atoms with Crippen LogP contribution >= 0.6 is 0 Å². The Bertz CT molecular complexity index is 367. The van der Waals surface area contributed by atoms with Crippen LogP contribution in [0, 0.1) is 0 Å². The molecule has 1 aliphatic carbocycles. The molecule has 5 nitrogen and oxygen atoms in total. The van der Waals surface area contributed by atoms with Crippen LogP contribution in [0.5, 0.6) is 0 Å². The van der Waals surface area contributed by atoms with Gasteiger partial charge in [-0.25, -0.2) is 0 Å². The number of hydrogen-bond acceptors (Lipinski definition) is 3. The van der Waals surface area contributed by atoms with Gasteiger partial charge in [0.15, 0.2) is 0 Å². The van der Waals surface area contributed by atoms with Gasteiger partial charge in [-0.2, -0.15) is 5.10 Å². The van der Waals surface area contributed by atoms with Gasteiger partial charge in [-0.3, -0.25) is 9.89 Å². The number of aliphatic carboxylic acids is 1. The Balaban J connectivity index is 2.25. The van der Waals surface area contributed by atoms with E-state index in [1.807, 2.05) is 0 Å². The molecule has 0 radical (unpaired) electrons. The molecule has 1 aliphatic rings. The van der Waals surface area contributed by atoms with Gasteiger partial charge in [-0.15, -0.1) is 0 Å². The quantitative estimate of drug-likeness (QED) is 0.699. The molecule has 5 heteroatoms. The van der Waals surface area contributed by atoms with Crippen molar-refractivity contribution < 1.29 is 9.90 Å². The second-order valence-electron chi connectivity index (χ2n) is 4.05. The highest BCUT2D eigenvalue weighted by atomic mass is 16.4. The summed E-state index contributed by atoms with van der Waals surface area (Å²) in [6, 6.07) is 0. The summed E-state index contributed by atoms with van der Waals surface area (Å²) >= 11 is 0. The first-order valence-corrected chi connectivity index (χ1v) is 5.23. The summed E-state index contributed by atoms with van der Waals surface area (Å²) in [5, 5.41) is 15.6. The van der Waals surface area contributed by atoms with E-state index in [0.717, 1.165) is 18.5 Å². The number of nitrogen functional groups attached to an aromatic ring is 1. The van der Waals surface area contributed by atoms with Crippen molar-refractivity contribution in [1.82, 2.24) is 10.2 Å². The Morgan fingerprint density at radius 2 is 2.20 bits per heavy atom. The van der Waals surface area contributed by atoms with Crippen molar-refractivity contribution in [2.24, 2.45) is 0 Å². The summed E-state index contributed by atoms with van der Waals surface area (Å²) < 4.78 is 0. The van der Waals surface area contributed by atoms with Gasteiger partial charge in [0.2, 0.25) is 0 Å². The van der Waals surface area contributed by atoms with Crippen LogP contribution in [-0.4, -0.2) is 21.3 Å². The number of H-pyrrole nitrogens is 1. The maximum Gasteiger partial charge on any atom is 0.308 e. The van der Waals surface area contributed by atoms with Crippen molar-refractivity contribution in [2.45, 2.75) is 38.0 Å². The van der Waals surface area contributed by atoms with Crippen LogP contribution in [0.25, 0.3) is 0 Å². The zero-order chi connectivity index (χ0) is 10.8. The van der Waals surface area contributed by atoms with Gasteiger partial charge < -0.3 is 10.8 Å². The first kappa shape index (κ1) is 10.0. The third kappa shape index (κ3) is 1.95. The van der Waals surface area contributed by atoms with E-state index in [1.54, 1.807) is 0 Å². The normalized spacial score (nSPS) is 17.1. The summed E-state index contributed by atoms with van der Waals surface area (Å²) in [5.41, 5.74) is 7.26. The molecule has 82 valence electrons. The highest BCUT2D eigenvalue weighted by Gasteiger charge is 2.24. The fraction of sp³-hybridized carbons (Fsp3) is 0.600. The third-order valence-electron chi connectivity index (χ3n) is 3.02. The van der Waals surface area contributed by atoms with Crippen LogP contribution in [0.1, 0.15) is 42.9 Å². The molecular weight excluding hydrogens is 194 g/mol. The Kier molecular flexibility index (Phi) is 2.62. The number of aromatic amines is 1. The van der Waals surface area contributed by atoms with E-state index >= 15 is 0 Å². The summed E-state index contributed by atoms with van der Waals surface area (Å²) in [7, 11) is 0. The molecule has 0 amide bonds. The zero-order valence-corrected chi connectivity index (χ0v) is 8.49. The number of carboxylic acid groups (broad SMARTS) is 1. The number of hydrogen-bond donors (Lipinski definition) is 3. The Morgan fingerprint density at radius 3 is 2.80 bits per heavy atom. The van der Waals surface area contributed by atoms with Crippen molar-refractivity contribution in [3.63, 3.8) is 0 Å². The van der Waals surface area contributed by atoms with Crippen LogP contribution in [-0.2, 0) is 11.2 Å². The largest absolute Gasteiger partial charge is 0.481 e. The lowest BCUT2D eigenvalue weighted by Gasteiger charge is -2.08. The van der Waals surface area contributed by atoms with Gasteiger partial charge in [-0.1, -0.05) is 12.8 Å². The van der Waals surface area contributed by atoms with Crippen molar-refractivity contribution in [1.29, 1.82) is 0 Å². The van der Waals surface area contributed by atoms with E-state index in [2.05, 4.69) is 10.2 Å². The highest BCUT2D eigenvalue weighted by molar-refractivity contribution is 5.72. The summed E-state index contributed by atoms with van der Waals surface area (Å²) in [6.45, 7) is 0. The minimum absolute atomic E-state index is 0.0336. The molecule has 2 rings (SSSR count). The summed E-state index contributed by atoms with van der Waals surface area (Å²) in [4.78, 5) is 10.7. The molecule has 0 unspecified atom stereocenters. The Morgan fingerprint density at radius 1 is 1.53 bits per heavy atom. The lowest BCUT2D eigenvalue weighted by atomic mass is 9.98.